The highest BCUT2D eigenvalue weighted by Gasteiger charge is 2.25. The first-order valence-corrected chi connectivity index (χ1v) is 8.70. The molecule has 2 aromatic rings. The highest BCUT2D eigenvalue weighted by atomic mass is 32.2. The molecule has 0 saturated carbocycles. The van der Waals surface area contributed by atoms with Crippen molar-refractivity contribution in [3.63, 3.8) is 0 Å². The SMILES string of the molecule is C=Cc1c(F)c(F)c(OCCCSC(=S)c2ccccc2)c(F)c1F. The summed E-state index contributed by atoms with van der Waals surface area (Å²) in [5.41, 5.74) is 0.0516. The van der Waals surface area contributed by atoms with Crippen LogP contribution < -0.4 is 4.74 Å². The fraction of sp³-hybridized carbons (Fsp3) is 0.167. The predicted octanol–water partition coefficient (Wildman–Crippen LogP) is 5.76. The lowest BCUT2D eigenvalue weighted by Gasteiger charge is -2.11. The predicted molar refractivity (Wildman–Crippen MR) is 97.1 cm³/mol. The van der Waals surface area contributed by atoms with E-state index in [-0.39, 0.29) is 6.61 Å². The second kappa shape index (κ2) is 9.01. The van der Waals surface area contributed by atoms with Gasteiger partial charge in [0.05, 0.1) is 16.4 Å². The number of ether oxygens (including phenoxy) is 1. The molecule has 0 amide bonds. The van der Waals surface area contributed by atoms with Gasteiger partial charge in [0.25, 0.3) is 0 Å². The van der Waals surface area contributed by atoms with Gasteiger partial charge in [-0.15, -0.1) is 11.8 Å². The first kappa shape index (κ1) is 19.5. The van der Waals surface area contributed by atoms with Gasteiger partial charge in [-0.05, 0) is 12.0 Å². The van der Waals surface area contributed by atoms with Gasteiger partial charge in [-0.2, -0.15) is 8.78 Å². The van der Waals surface area contributed by atoms with Gasteiger partial charge in [0.2, 0.25) is 11.6 Å². The van der Waals surface area contributed by atoms with E-state index in [0.717, 1.165) is 5.56 Å². The second-order valence-electron chi connectivity index (χ2n) is 4.91. The zero-order valence-corrected chi connectivity index (χ0v) is 14.7. The molecule has 0 spiro atoms. The molecular weight excluding hydrogens is 372 g/mol. The van der Waals surface area contributed by atoms with E-state index in [1.54, 1.807) is 0 Å². The second-order valence-corrected chi connectivity index (χ2v) is 6.68. The molecule has 0 N–H and O–H groups in total. The summed E-state index contributed by atoms with van der Waals surface area (Å²) < 4.78 is 60.4. The van der Waals surface area contributed by atoms with E-state index in [1.165, 1.54) is 11.8 Å². The van der Waals surface area contributed by atoms with E-state index in [1.807, 2.05) is 30.3 Å². The van der Waals surface area contributed by atoms with Crippen LogP contribution in [0.15, 0.2) is 36.9 Å². The molecule has 0 aliphatic heterocycles. The lowest BCUT2D eigenvalue weighted by Crippen LogP contribution is -2.08. The fourth-order valence-corrected chi connectivity index (χ4v) is 3.13. The van der Waals surface area contributed by atoms with Crippen molar-refractivity contribution in [1.82, 2.24) is 0 Å². The average molecular weight is 386 g/mol. The van der Waals surface area contributed by atoms with Crippen molar-refractivity contribution in [2.75, 3.05) is 12.4 Å². The Bertz CT molecular complexity index is 749. The van der Waals surface area contributed by atoms with E-state index < -0.39 is 34.6 Å². The maximum atomic E-state index is 13.8. The molecule has 0 aliphatic carbocycles. The van der Waals surface area contributed by atoms with Gasteiger partial charge in [0.1, 0.15) is 0 Å². The summed E-state index contributed by atoms with van der Waals surface area (Å²) in [6.45, 7) is 3.02. The molecule has 25 heavy (non-hydrogen) atoms. The Kier molecular flexibility index (Phi) is 7.01. The third kappa shape index (κ3) is 4.61. The first-order valence-electron chi connectivity index (χ1n) is 7.30. The van der Waals surface area contributed by atoms with E-state index in [4.69, 9.17) is 17.0 Å². The zero-order valence-electron chi connectivity index (χ0n) is 13.0. The molecule has 132 valence electrons. The van der Waals surface area contributed by atoms with Crippen LogP contribution in [0.3, 0.4) is 0 Å². The first-order chi connectivity index (χ1) is 12.0. The van der Waals surface area contributed by atoms with Crippen molar-refractivity contribution < 1.29 is 22.3 Å². The molecule has 0 atom stereocenters. The number of hydrogen-bond acceptors (Lipinski definition) is 3. The maximum absolute atomic E-state index is 13.8. The Morgan fingerprint density at radius 1 is 1.04 bits per heavy atom. The molecule has 0 bridgehead atoms. The lowest BCUT2D eigenvalue weighted by atomic mass is 10.1. The molecule has 0 aromatic heterocycles. The van der Waals surface area contributed by atoms with E-state index in [2.05, 4.69) is 6.58 Å². The number of halogens is 4. The van der Waals surface area contributed by atoms with Crippen molar-refractivity contribution in [1.29, 1.82) is 0 Å². The van der Waals surface area contributed by atoms with Crippen LogP contribution >= 0.6 is 24.0 Å². The van der Waals surface area contributed by atoms with Crippen LogP contribution in [0.1, 0.15) is 17.5 Å². The van der Waals surface area contributed by atoms with E-state index >= 15 is 0 Å². The van der Waals surface area contributed by atoms with Gasteiger partial charge in [-0.25, -0.2) is 8.78 Å². The van der Waals surface area contributed by atoms with Crippen molar-refractivity contribution >= 4 is 34.3 Å². The molecule has 7 heteroatoms. The van der Waals surface area contributed by atoms with Gasteiger partial charge in [0, 0.05) is 5.75 Å². The van der Waals surface area contributed by atoms with Crippen molar-refractivity contribution in [2.45, 2.75) is 6.42 Å². The molecule has 0 heterocycles. The van der Waals surface area contributed by atoms with Crippen LogP contribution in [0.25, 0.3) is 6.08 Å². The summed E-state index contributed by atoms with van der Waals surface area (Å²) in [6.07, 6.45) is 1.10. The molecule has 1 nitrogen and oxygen atoms in total. The lowest BCUT2D eigenvalue weighted by molar-refractivity contribution is 0.272. The molecular formula is C18H14F4OS2. The van der Waals surface area contributed by atoms with Crippen molar-refractivity contribution in [3.8, 4) is 5.75 Å². The third-order valence-electron chi connectivity index (χ3n) is 3.24. The van der Waals surface area contributed by atoms with Crippen molar-refractivity contribution in [3.05, 3.63) is 71.3 Å². The van der Waals surface area contributed by atoms with Gasteiger partial charge < -0.3 is 4.74 Å². The fourth-order valence-electron chi connectivity index (χ4n) is 1.99. The number of hydrogen-bond donors (Lipinski definition) is 0. The number of thioether (sulfide) groups is 1. The minimum atomic E-state index is -1.57. The summed E-state index contributed by atoms with van der Waals surface area (Å²) in [5, 5.41) is 0. The summed E-state index contributed by atoms with van der Waals surface area (Å²) in [4.78, 5) is 0. The Labute approximate surface area is 152 Å². The molecule has 0 saturated heterocycles. The molecule has 2 rings (SSSR count). The monoisotopic (exact) mass is 386 g/mol. The topological polar surface area (TPSA) is 9.23 Å². The Morgan fingerprint density at radius 2 is 1.64 bits per heavy atom. The Balaban J connectivity index is 1.90. The van der Waals surface area contributed by atoms with Crippen LogP contribution in [0, 0.1) is 23.3 Å². The zero-order chi connectivity index (χ0) is 18.4. The highest BCUT2D eigenvalue weighted by molar-refractivity contribution is 8.23. The normalized spacial score (nSPS) is 10.6. The van der Waals surface area contributed by atoms with Crippen LogP contribution in [0.5, 0.6) is 5.75 Å². The summed E-state index contributed by atoms with van der Waals surface area (Å²) >= 11 is 6.65. The minimum Gasteiger partial charge on any atom is -0.487 e. The van der Waals surface area contributed by atoms with E-state index in [9.17, 15) is 17.6 Å². The van der Waals surface area contributed by atoms with Gasteiger partial charge in [-0.1, -0.05) is 55.2 Å². The average Bonchev–Trinajstić information content (AvgIpc) is 2.63. The van der Waals surface area contributed by atoms with Crippen molar-refractivity contribution in [2.24, 2.45) is 0 Å². The third-order valence-corrected chi connectivity index (χ3v) is 4.82. The molecule has 2 aromatic carbocycles. The summed E-state index contributed by atoms with van der Waals surface area (Å²) in [7, 11) is 0. The summed E-state index contributed by atoms with van der Waals surface area (Å²) in [5.74, 6) is -6.71. The molecule has 0 fully saturated rings. The number of rotatable bonds is 7. The van der Waals surface area contributed by atoms with Gasteiger partial charge in [-0.3, -0.25) is 0 Å². The Morgan fingerprint density at radius 3 is 2.20 bits per heavy atom. The summed E-state index contributed by atoms with van der Waals surface area (Å²) in [6, 6.07) is 9.37. The van der Waals surface area contributed by atoms with Crippen LogP contribution in [-0.2, 0) is 0 Å². The maximum Gasteiger partial charge on any atom is 0.204 e. The number of thiocarbonyl (C=S) groups is 1. The van der Waals surface area contributed by atoms with Crippen LogP contribution in [-0.4, -0.2) is 16.6 Å². The van der Waals surface area contributed by atoms with Gasteiger partial charge in [0.15, 0.2) is 17.4 Å². The number of benzene rings is 2. The largest absolute Gasteiger partial charge is 0.487 e. The molecule has 0 radical (unpaired) electrons. The smallest absolute Gasteiger partial charge is 0.204 e. The highest BCUT2D eigenvalue weighted by Crippen LogP contribution is 2.30. The Hall–Kier alpha value is -1.86. The minimum absolute atomic E-state index is 0.107. The van der Waals surface area contributed by atoms with Crippen LogP contribution in [0.2, 0.25) is 0 Å². The van der Waals surface area contributed by atoms with Crippen LogP contribution in [0.4, 0.5) is 17.6 Å². The molecule has 0 unspecified atom stereocenters. The van der Waals surface area contributed by atoms with E-state index in [0.29, 0.717) is 22.4 Å². The standard InChI is InChI=1S/C18H14F4OS2/c1-2-12-13(19)15(21)17(16(22)14(12)20)23-9-6-10-25-18(24)11-7-4-3-5-8-11/h2-5,7-8H,1,6,9-10H2. The quantitative estimate of drug-likeness (QED) is 0.259. The van der Waals surface area contributed by atoms with Gasteiger partial charge >= 0.3 is 0 Å². The molecule has 0 aliphatic rings.